The van der Waals surface area contributed by atoms with Crippen LogP contribution in [0.25, 0.3) is 0 Å². The SMILES string of the molecule is NCCO.O=C(O)C1CN(C(=O)c2scc(CNCS(=O)(=O)c3ccc(Cl)cc3)c2Cl)c2ccccc2O1. The van der Waals surface area contributed by atoms with Crippen molar-refractivity contribution in [2.24, 2.45) is 5.73 Å². The molecule has 4 rings (SSSR count). The van der Waals surface area contributed by atoms with Crippen molar-refractivity contribution < 1.29 is 33.0 Å². The van der Waals surface area contributed by atoms with Crippen LogP contribution >= 0.6 is 34.5 Å². The molecule has 0 saturated heterocycles. The summed E-state index contributed by atoms with van der Waals surface area (Å²) >= 11 is 13.4. The summed E-state index contributed by atoms with van der Waals surface area (Å²) in [5, 5.41) is 22.3. The van der Waals surface area contributed by atoms with Crippen LogP contribution in [0, 0.1) is 0 Å². The van der Waals surface area contributed by atoms with Gasteiger partial charge in [-0.2, -0.15) is 0 Å². The lowest BCUT2D eigenvalue weighted by Gasteiger charge is -2.32. The average molecular weight is 603 g/mol. The minimum atomic E-state index is -3.59. The lowest BCUT2D eigenvalue weighted by atomic mass is 10.1. The number of nitrogens with two attached hydrogens (primary N) is 1. The van der Waals surface area contributed by atoms with Crippen LogP contribution in [0.5, 0.6) is 5.75 Å². The lowest BCUT2D eigenvalue weighted by molar-refractivity contribution is -0.144. The topological polar surface area (TPSA) is 159 Å². The quantitative estimate of drug-likeness (QED) is 0.304. The fraction of sp³-hybridized carbons (Fsp3) is 0.250. The minimum Gasteiger partial charge on any atom is -0.478 e. The third-order valence-electron chi connectivity index (χ3n) is 5.20. The van der Waals surface area contributed by atoms with Crippen molar-refractivity contribution in [1.82, 2.24) is 5.32 Å². The van der Waals surface area contributed by atoms with Gasteiger partial charge in [0, 0.05) is 18.1 Å². The van der Waals surface area contributed by atoms with Crippen molar-refractivity contribution in [1.29, 1.82) is 0 Å². The zero-order valence-electron chi connectivity index (χ0n) is 19.8. The third-order valence-corrected chi connectivity index (χ3v) is 8.59. The summed E-state index contributed by atoms with van der Waals surface area (Å²) in [6, 6.07) is 12.5. The second-order valence-electron chi connectivity index (χ2n) is 7.88. The van der Waals surface area contributed by atoms with E-state index in [0.29, 0.717) is 22.8 Å². The van der Waals surface area contributed by atoms with E-state index in [-0.39, 0.29) is 46.1 Å². The summed E-state index contributed by atoms with van der Waals surface area (Å²) in [6.45, 7) is 0.416. The number of fused-ring (bicyclic) bond motifs is 1. The minimum absolute atomic E-state index is 0.0972. The highest BCUT2D eigenvalue weighted by atomic mass is 35.5. The van der Waals surface area contributed by atoms with E-state index in [4.69, 9.17) is 38.8 Å². The second-order valence-corrected chi connectivity index (χ2v) is 11.6. The number of hydrogen-bond donors (Lipinski definition) is 4. The van der Waals surface area contributed by atoms with Gasteiger partial charge in [-0.1, -0.05) is 35.3 Å². The Bertz CT molecular complexity index is 1380. The molecule has 1 aliphatic heterocycles. The monoisotopic (exact) mass is 601 g/mol. The predicted molar refractivity (Wildman–Crippen MR) is 146 cm³/mol. The Balaban J connectivity index is 0.000000934. The molecule has 10 nitrogen and oxygen atoms in total. The van der Waals surface area contributed by atoms with Gasteiger partial charge >= 0.3 is 5.97 Å². The number of carboxylic acids is 1. The van der Waals surface area contributed by atoms with Crippen LogP contribution in [0.1, 0.15) is 15.2 Å². The Kier molecular flexibility index (Phi) is 10.5. The zero-order chi connectivity index (χ0) is 27.9. The number of ether oxygens (including phenoxy) is 1. The van der Waals surface area contributed by atoms with Gasteiger partial charge in [-0.15, -0.1) is 11.3 Å². The van der Waals surface area contributed by atoms with Gasteiger partial charge in [0.25, 0.3) is 5.91 Å². The van der Waals surface area contributed by atoms with E-state index in [1.807, 2.05) is 0 Å². The van der Waals surface area contributed by atoms with E-state index in [9.17, 15) is 23.1 Å². The zero-order valence-corrected chi connectivity index (χ0v) is 23.0. The Morgan fingerprint density at radius 3 is 2.45 bits per heavy atom. The van der Waals surface area contributed by atoms with Crippen LogP contribution in [0.15, 0.2) is 58.8 Å². The molecule has 1 atom stereocenters. The number of rotatable bonds is 8. The number of benzene rings is 2. The van der Waals surface area contributed by atoms with E-state index in [1.165, 1.54) is 29.2 Å². The van der Waals surface area contributed by atoms with Crippen LogP contribution < -0.4 is 20.7 Å². The maximum absolute atomic E-state index is 13.3. The van der Waals surface area contributed by atoms with Crippen molar-refractivity contribution >= 4 is 61.9 Å². The maximum Gasteiger partial charge on any atom is 0.346 e. The molecule has 2 heterocycles. The van der Waals surface area contributed by atoms with Gasteiger partial charge in [0.2, 0.25) is 6.10 Å². The third kappa shape index (κ3) is 7.23. The summed E-state index contributed by atoms with van der Waals surface area (Å²) < 4.78 is 30.4. The Morgan fingerprint density at radius 1 is 1.16 bits per heavy atom. The predicted octanol–water partition coefficient (Wildman–Crippen LogP) is 3.01. The molecule has 0 saturated carbocycles. The number of thiophene rings is 1. The molecule has 0 fully saturated rings. The fourth-order valence-electron chi connectivity index (χ4n) is 3.37. The fourth-order valence-corrected chi connectivity index (χ4v) is 5.89. The van der Waals surface area contributed by atoms with E-state index in [0.717, 1.165) is 11.3 Å². The van der Waals surface area contributed by atoms with Crippen molar-refractivity contribution in [2.75, 3.05) is 30.5 Å². The van der Waals surface area contributed by atoms with E-state index in [2.05, 4.69) is 5.32 Å². The summed E-state index contributed by atoms with van der Waals surface area (Å²) in [7, 11) is -3.59. The number of halogens is 2. The molecule has 0 radical (unpaired) electrons. The smallest absolute Gasteiger partial charge is 0.346 e. The molecule has 204 valence electrons. The number of hydrogen-bond acceptors (Lipinski definition) is 9. The number of amides is 1. The number of carbonyl (C=O) groups excluding carboxylic acids is 1. The molecular weight excluding hydrogens is 577 g/mol. The number of aliphatic carboxylic acids is 1. The molecule has 1 aromatic heterocycles. The summed E-state index contributed by atoms with van der Waals surface area (Å²) in [4.78, 5) is 26.5. The number of para-hydroxylation sites is 2. The summed E-state index contributed by atoms with van der Waals surface area (Å²) in [5.74, 6) is -1.69. The van der Waals surface area contributed by atoms with Gasteiger partial charge in [-0.25, -0.2) is 13.2 Å². The maximum atomic E-state index is 13.3. The van der Waals surface area contributed by atoms with Gasteiger partial charge in [-0.3, -0.25) is 15.0 Å². The van der Waals surface area contributed by atoms with Gasteiger partial charge in [0.05, 0.1) is 28.8 Å². The average Bonchev–Trinajstić information content (AvgIpc) is 3.27. The first-order valence-corrected chi connectivity index (χ1v) is 14.4. The molecular formula is C24H25Cl2N3O7S2. The number of aliphatic hydroxyl groups excluding tert-OH is 1. The first-order chi connectivity index (χ1) is 18.1. The van der Waals surface area contributed by atoms with E-state index in [1.54, 1.807) is 29.6 Å². The summed E-state index contributed by atoms with van der Waals surface area (Å²) in [5.41, 5.74) is 5.78. The normalized spacial score (nSPS) is 14.6. The molecule has 2 aromatic carbocycles. The number of sulfone groups is 1. The molecule has 14 heteroatoms. The Morgan fingerprint density at radius 2 is 1.82 bits per heavy atom. The van der Waals surface area contributed by atoms with Crippen molar-refractivity contribution in [3.8, 4) is 5.75 Å². The lowest BCUT2D eigenvalue weighted by Crippen LogP contribution is -2.47. The molecule has 0 bridgehead atoms. The van der Waals surface area contributed by atoms with Crippen LogP contribution in [-0.4, -0.2) is 62.2 Å². The number of carboxylic acid groups (broad SMARTS) is 1. The van der Waals surface area contributed by atoms with Gasteiger partial charge in [-0.05, 0) is 47.3 Å². The number of nitrogens with zero attached hydrogens (tertiary/aromatic N) is 1. The van der Waals surface area contributed by atoms with Crippen LogP contribution in [0.2, 0.25) is 10.0 Å². The van der Waals surface area contributed by atoms with Gasteiger partial charge in [0.1, 0.15) is 16.5 Å². The second kappa shape index (κ2) is 13.4. The van der Waals surface area contributed by atoms with E-state index >= 15 is 0 Å². The molecule has 3 aromatic rings. The molecule has 38 heavy (non-hydrogen) atoms. The van der Waals surface area contributed by atoms with E-state index < -0.39 is 27.8 Å². The first-order valence-electron chi connectivity index (χ1n) is 11.1. The van der Waals surface area contributed by atoms with Crippen LogP contribution in [0.3, 0.4) is 0 Å². The number of carbonyl (C=O) groups is 2. The number of aliphatic hydroxyl groups is 1. The Labute approximate surface area is 233 Å². The molecule has 0 aliphatic carbocycles. The number of nitrogens with one attached hydrogen (secondary N) is 1. The van der Waals surface area contributed by atoms with Crippen molar-refractivity contribution in [2.45, 2.75) is 17.5 Å². The van der Waals surface area contributed by atoms with Crippen LogP contribution in [-0.2, 0) is 21.2 Å². The van der Waals surface area contributed by atoms with Crippen LogP contribution in [0.4, 0.5) is 5.69 Å². The molecule has 1 aliphatic rings. The standard InChI is InChI=1S/C22H18Cl2N2O6S2.C2H7NO/c23-14-5-7-15(8-6-14)34(30,31)12-25-9-13-11-33-20(19(13)24)21(27)26-10-18(22(28)29)32-17-4-2-1-3-16(17)26;3-1-2-4/h1-8,11,18,25H,9-10,12H2,(H,28,29);4H,1-3H2. The van der Waals surface area contributed by atoms with Gasteiger partial charge in [0.15, 0.2) is 9.84 Å². The highest BCUT2D eigenvalue weighted by molar-refractivity contribution is 7.91. The molecule has 5 N–H and O–H groups in total. The van der Waals surface area contributed by atoms with Crippen molar-refractivity contribution in [3.63, 3.8) is 0 Å². The first kappa shape index (κ1) is 29.8. The molecule has 1 amide bonds. The van der Waals surface area contributed by atoms with Crippen molar-refractivity contribution in [3.05, 3.63) is 74.4 Å². The summed E-state index contributed by atoms with van der Waals surface area (Å²) in [6.07, 6.45) is -1.21. The molecule has 1 unspecified atom stereocenters. The number of anilines is 1. The Hall–Kier alpha value is -2.71. The highest BCUT2D eigenvalue weighted by Gasteiger charge is 2.35. The largest absolute Gasteiger partial charge is 0.478 e. The highest BCUT2D eigenvalue weighted by Crippen LogP contribution is 2.37. The molecule has 0 spiro atoms. The van der Waals surface area contributed by atoms with Gasteiger partial charge < -0.3 is 20.7 Å².